The van der Waals surface area contributed by atoms with Crippen LogP contribution in [0.5, 0.6) is 5.88 Å². The lowest BCUT2D eigenvalue weighted by atomic mass is 10.1. The lowest BCUT2D eigenvalue weighted by Gasteiger charge is -2.33. The number of pyridine rings is 1. The fourth-order valence-electron chi connectivity index (χ4n) is 4.00. The zero-order valence-corrected chi connectivity index (χ0v) is 16.9. The lowest BCUT2D eigenvalue weighted by molar-refractivity contribution is -0.0390. The summed E-state index contributed by atoms with van der Waals surface area (Å²) in [6, 6.07) is 10.7. The highest BCUT2D eigenvalue weighted by molar-refractivity contribution is 7.89. The monoisotopic (exact) mass is 403 g/mol. The summed E-state index contributed by atoms with van der Waals surface area (Å²) in [5.41, 5.74) is 1.68. The summed E-state index contributed by atoms with van der Waals surface area (Å²) in [4.78, 5) is 6.76. The number of morpholine rings is 1. The Morgan fingerprint density at radius 3 is 2.75 bits per heavy atom. The molecule has 1 aromatic heterocycles. The molecule has 2 aromatic rings. The molecule has 0 spiro atoms. The number of hydrogen-bond acceptors (Lipinski definition) is 6. The molecule has 2 aliphatic heterocycles. The Hall–Kier alpha value is -2.00. The van der Waals surface area contributed by atoms with E-state index in [0.29, 0.717) is 18.5 Å². The first-order valence-corrected chi connectivity index (χ1v) is 10.9. The second-order valence-corrected chi connectivity index (χ2v) is 9.10. The number of ether oxygens (including phenoxy) is 2. The van der Waals surface area contributed by atoms with E-state index in [2.05, 4.69) is 14.6 Å². The summed E-state index contributed by atoms with van der Waals surface area (Å²) in [6.45, 7) is 4.29. The first kappa shape index (κ1) is 19.3. The minimum Gasteiger partial charge on any atom is -0.481 e. The van der Waals surface area contributed by atoms with Gasteiger partial charge in [0.2, 0.25) is 15.9 Å². The molecule has 3 heterocycles. The van der Waals surface area contributed by atoms with Crippen LogP contribution in [-0.4, -0.2) is 63.3 Å². The van der Waals surface area contributed by atoms with Crippen molar-refractivity contribution in [3.05, 3.63) is 42.6 Å². The molecule has 150 valence electrons. The molecule has 2 saturated heterocycles. The maximum Gasteiger partial charge on any atom is 0.240 e. The molecule has 28 heavy (non-hydrogen) atoms. The molecule has 0 radical (unpaired) electrons. The number of fused-ring (bicyclic) bond motifs is 1. The Bertz CT molecular complexity index is 933. The molecule has 3 atom stereocenters. The summed E-state index contributed by atoms with van der Waals surface area (Å²) in [7, 11) is -2.01. The highest BCUT2D eigenvalue weighted by Crippen LogP contribution is 2.29. The Morgan fingerprint density at radius 2 is 2.00 bits per heavy atom. The second kappa shape index (κ2) is 7.79. The smallest absolute Gasteiger partial charge is 0.240 e. The van der Waals surface area contributed by atoms with Crippen LogP contribution >= 0.6 is 0 Å². The predicted molar refractivity (Wildman–Crippen MR) is 106 cm³/mol. The molecule has 0 amide bonds. The van der Waals surface area contributed by atoms with Gasteiger partial charge in [0.15, 0.2) is 0 Å². The van der Waals surface area contributed by atoms with Crippen molar-refractivity contribution in [2.24, 2.45) is 0 Å². The fourth-order valence-corrected chi connectivity index (χ4v) is 5.24. The molecule has 1 aromatic carbocycles. The highest BCUT2D eigenvalue weighted by Gasteiger charge is 2.37. The van der Waals surface area contributed by atoms with Crippen LogP contribution < -0.4 is 9.46 Å². The third kappa shape index (κ3) is 3.91. The van der Waals surface area contributed by atoms with Gasteiger partial charge in [-0.3, -0.25) is 4.90 Å². The van der Waals surface area contributed by atoms with E-state index in [1.807, 2.05) is 19.1 Å². The van der Waals surface area contributed by atoms with Gasteiger partial charge in [-0.25, -0.2) is 18.1 Å². The zero-order valence-electron chi connectivity index (χ0n) is 16.0. The van der Waals surface area contributed by atoms with Gasteiger partial charge < -0.3 is 9.47 Å². The molecular formula is C20H25N3O4S. The van der Waals surface area contributed by atoms with Gasteiger partial charge in [-0.1, -0.05) is 12.1 Å². The minimum absolute atomic E-state index is 0.0954. The third-order valence-corrected chi connectivity index (χ3v) is 6.89. The molecule has 4 rings (SSSR count). The van der Waals surface area contributed by atoms with Crippen LogP contribution in [0.2, 0.25) is 0 Å². The summed E-state index contributed by atoms with van der Waals surface area (Å²) in [5.74, 6) is 0.510. The van der Waals surface area contributed by atoms with Crippen LogP contribution in [0.1, 0.15) is 13.3 Å². The molecule has 2 fully saturated rings. The Balaban J connectivity index is 1.48. The molecule has 0 aliphatic carbocycles. The van der Waals surface area contributed by atoms with Crippen molar-refractivity contribution < 1.29 is 17.9 Å². The maximum absolute atomic E-state index is 12.8. The SMILES string of the molecule is COc1ncccc1-c1ccc(S(=O)(=O)N[C@@H]2C[C@H]3CO[C@H](C)CN3C2)cc1. The largest absolute Gasteiger partial charge is 0.481 e. The molecule has 2 aliphatic rings. The standard InChI is InChI=1S/C20H25N3O4S/c1-14-11-23-12-16(10-17(23)13-27-14)22-28(24,25)18-7-5-15(6-8-18)19-4-3-9-21-20(19)26-2/h3-9,14,16-17,22H,10-13H2,1-2H3/t14-,16-,17+/m1/s1. The molecule has 0 unspecified atom stereocenters. The van der Waals surface area contributed by atoms with E-state index in [4.69, 9.17) is 9.47 Å². The van der Waals surface area contributed by atoms with Gasteiger partial charge in [-0.05, 0) is 43.2 Å². The number of hydrogen-bond donors (Lipinski definition) is 1. The van der Waals surface area contributed by atoms with Crippen molar-refractivity contribution in [1.29, 1.82) is 0 Å². The van der Waals surface area contributed by atoms with Gasteiger partial charge in [0.05, 0.1) is 24.7 Å². The van der Waals surface area contributed by atoms with E-state index in [9.17, 15) is 8.42 Å². The van der Waals surface area contributed by atoms with Crippen LogP contribution in [0, 0.1) is 0 Å². The number of benzene rings is 1. The molecule has 0 bridgehead atoms. The predicted octanol–water partition coefficient (Wildman–Crippen LogP) is 1.90. The third-order valence-electron chi connectivity index (χ3n) is 5.35. The average Bonchev–Trinajstić information content (AvgIpc) is 3.08. The molecule has 1 N–H and O–H groups in total. The van der Waals surface area contributed by atoms with Crippen molar-refractivity contribution in [3.8, 4) is 17.0 Å². The van der Waals surface area contributed by atoms with Gasteiger partial charge in [-0.2, -0.15) is 0 Å². The van der Waals surface area contributed by atoms with E-state index in [1.165, 1.54) is 0 Å². The minimum atomic E-state index is -3.58. The van der Waals surface area contributed by atoms with Crippen LogP contribution in [0.25, 0.3) is 11.1 Å². The normalized spacial score (nSPS) is 25.4. The number of aromatic nitrogens is 1. The van der Waals surface area contributed by atoms with E-state index in [0.717, 1.165) is 30.6 Å². The number of nitrogens with one attached hydrogen (secondary N) is 1. The summed E-state index contributed by atoms with van der Waals surface area (Å²) in [6.07, 6.45) is 2.63. The van der Waals surface area contributed by atoms with Crippen molar-refractivity contribution >= 4 is 10.0 Å². The average molecular weight is 404 g/mol. The molecule has 8 heteroatoms. The van der Waals surface area contributed by atoms with E-state index in [-0.39, 0.29) is 17.0 Å². The lowest BCUT2D eigenvalue weighted by Crippen LogP contribution is -2.45. The fraction of sp³-hybridized carbons (Fsp3) is 0.450. The van der Waals surface area contributed by atoms with E-state index in [1.54, 1.807) is 37.6 Å². The number of rotatable bonds is 5. The first-order valence-electron chi connectivity index (χ1n) is 9.43. The topological polar surface area (TPSA) is 80.8 Å². The molecular weight excluding hydrogens is 378 g/mol. The molecule has 7 nitrogen and oxygen atoms in total. The van der Waals surface area contributed by atoms with Gasteiger partial charge in [0, 0.05) is 36.9 Å². The van der Waals surface area contributed by atoms with Crippen LogP contribution in [0.4, 0.5) is 0 Å². The van der Waals surface area contributed by atoms with Crippen LogP contribution in [-0.2, 0) is 14.8 Å². The Labute approximate surface area is 165 Å². The number of sulfonamides is 1. The Morgan fingerprint density at radius 1 is 1.21 bits per heavy atom. The molecule has 0 saturated carbocycles. The first-order chi connectivity index (χ1) is 13.5. The van der Waals surface area contributed by atoms with Gasteiger partial charge in [0.25, 0.3) is 0 Å². The number of nitrogens with zero attached hydrogens (tertiary/aromatic N) is 2. The van der Waals surface area contributed by atoms with E-state index >= 15 is 0 Å². The highest BCUT2D eigenvalue weighted by atomic mass is 32.2. The van der Waals surface area contributed by atoms with E-state index < -0.39 is 10.0 Å². The van der Waals surface area contributed by atoms with Crippen molar-refractivity contribution in [3.63, 3.8) is 0 Å². The van der Waals surface area contributed by atoms with Crippen molar-refractivity contribution in [1.82, 2.24) is 14.6 Å². The van der Waals surface area contributed by atoms with Crippen LogP contribution in [0.3, 0.4) is 0 Å². The summed E-state index contributed by atoms with van der Waals surface area (Å²) in [5, 5.41) is 0. The Kier molecular flexibility index (Phi) is 5.37. The quantitative estimate of drug-likeness (QED) is 0.821. The summed E-state index contributed by atoms with van der Waals surface area (Å²) < 4.78 is 39.5. The number of methoxy groups -OCH3 is 1. The second-order valence-electron chi connectivity index (χ2n) is 7.39. The van der Waals surface area contributed by atoms with Crippen molar-refractivity contribution in [2.75, 3.05) is 26.8 Å². The van der Waals surface area contributed by atoms with Gasteiger partial charge >= 0.3 is 0 Å². The maximum atomic E-state index is 12.8. The van der Waals surface area contributed by atoms with Crippen LogP contribution in [0.15, 0.2) is 47.5 Å². The zero-order chi connectivity index (χ0) is 19.7. The van der Waals surface area contributed by atoms with Gasteiger partial charge in [-0.15, -0.1) is 0 Å². The summed E-state index contributed by atoms with van der Waals surface area (Å²) >= 11 is 0. The van der Waals surface area contributed by atoms with Crippen molar-refractivity contribution in [2.45, 2.75) is 36.4 Å². The van der Waals surface area contributed by atoms with Gasteiger partial charge in [0.1, 0.15) is 0 Å².